The van der Waals surface area contributed by atoms with Gasteiger partial charge < -0.3 is 4.74 Å². The third-order valence-corrected chi connectivity index (χ3v) is 0.641. The highest BCUT2D eigenvalue weighted by atomic mass is 19.3. The molecule has 0 aliphatic heterocycles. The van der Waals surface area contributed by atoms with Gasteiger partial charge in [0.1, 0.15) is 0 Å². The van der Waals surface area contributed by atoms with Crippen LogP contribution in [0.4, 0.5) is 13.2 Å². The monoisotopic (exact) mass is 141 g/mol. The lowest BCUT2D eigenvalue weighted by Gasteiger charge is -2.12. The van der Waals surface area contributed by atoms with E-state index in [9.17, 15) is 13.2 Å². The molecule has 0 bridgehead atoms. The summed E-state index contributed by atoms with van der Waals surface area (Å²) in [5.41, 5.74) is 0. The average molecular weight is 141 g/mol. The van der Waals surface area contributed by atoms with Crippen LogP contribution in [0.2, 0.25) is 0 Å². The Morgan fingerprint density at radius 3 is 2.22 bits per heavy atom. The Balaban J connectivity index is 3.84. The Kier molecular flexibility index (Phi) is 2.48. The van der Waals surface area contributed by atoms with Crippen molar-refractivity contribution in [3.05, 3.63) is 0 Å². The Morgan fingerprint density at radius 2 is 2.11 bits per heavy atom. The molecule has 0 aliphatic rings. The minimum Gasteiger partial charge on any atom is -0.390 e. The molecule has 0 saturated carbocycles. The fraction of sp³-hybridized carbons (Fsp3) is 0.750. The normalized spacial score (nSPS) is 14.7. The smallest absolute Gasteiger partial charge is 0.390 e. The van der Waals surface area contributed by atoms with Gasteiger partial charge in [-0.05, 0) is 6.92 Å². The second-order valence-electron chi connectivity index (χ2n) is 1.36. The van der Waals surface area contributed by atoms with Gasteiger partial charge in [-0.1, -0.05) is 0 Å². The van der Waals surface area contributed by atoms with E-state index in [0.717, 1.165) is 0 Å². The minimum absolute atomic E-state index is 0.449. The second-order valence-corrected chi connectivity index (χ2v) is 1.36. The molecule has 0 spiro atoms. The van der Waals surface area contributed by atoms with E-state index in [1.807, 2.05) is 0 Å². The van der Waals surface area contributed by atoms with Crippen molar-refractivity contribution in [2.45, 2.75) is 19.2 Å². The topological polar surface area (TPSA) is 26.3 Å². The molecular weight excluding hydrogens is 137 g/mol. The molecule has 0 rings (SSSR count). The summed E-state index contributed by atoms with van der Waals surface area (Å²) in [7, 11) is 0. The number of ether oxygens (including phenoxy) is 1. The van der Waals surface area contributed by atoms with Gasteiger partial charge in [-0.3, -0.25) is 0 Å². The largest absolute Gasteiger partial charge is 0.432 e. The van der Waals surface area contributed by atoms with Gasteiger partial charge in [0.2, 0.25) is 6.17 Å². The molecule has 0 fully saturated rings. The number of alkyl halides is 3. The summed E-state index contributed by atoms with van der Waals surface area (Å²) in [6.45, 7) is 1.03. The Bertz CT molecular complexity index is 102. The molecule has 0 aliphatic carbocycles. The number of carbonyl (C=O) groups excluding carboxylic acids is 1. The maximum Gasteiger partial charge on any atom is 0.432 e. The van der Waals surface area contributed by atoms with E-state index in [4.69, 9.17) is 4.79 Å². The zero-order valence-corrected chi connectivity index (χ0v) is 4.53. The number of rotatable bonds is 3. The lowest BCUT2D eigenvalue weighted by Crippen LogP contribution is -2.30. The molecule has 0 amide bonds. The molecule has 0 saturated heterocycles. The molecule has 0 N–H and O–H groups in total. The van der Waals surface area contributed by atoms with Crippen molar-refractivity contribution >= 4 is 6.47 Å². The van der Waals surface area contributed by atoms with Gasteiger partial charge >= 0.3 is 12.6 Å². The summed E-state index contributed by atoms with van der Waals surface area (Å²) >= 11 is 0. The van der Waals surface area contributed by atoms with Crippen LogP contribution in [-0.4, -0.2) is 18.8 Å². The fourth-order valence-corrected chi connectivity index (χ4v) is 0.137. The van der Waals surface area contributed by atoms with Crippen LogP contribution >= 0.6 is 0 Å². The summed E-state index contributed by atoms with van der Waals surface area (Å²) in [5, 5.41) is 0. The molecule has 5 heteroatoms. The minimum atomic E-state index is -4.04. The SMILES string of the molecule is CC(F)C(F)(F)O[C]=O. The first-order valence-corrected chi connectivity index (χ1v) is 2.07. The van der Waals surface area contributed by atoms with E-state index in [0.29, 0.717) is 13.4 Å². The molecule has 53 valence electrons. The molecule has 0 aromatic heterocycles. The Labute approximate surface area is 49.6 Å². The van der Waals surface area contributed by atoms with Crippen LogP contribution in [0.3, 0.4) is 0 Å². The number of halogens is 3. The maximum absolute atomic E-state index is 11.7. The van der Waals surface area contributed by atoms with Gasteiger partial charge in [0.25, 0.3) is 0 Å². The molecule has 1 atom stereocenters. The zero-order chi connectivity index (χ0) is 7.49. The van der Waals surface area contributed by atoms with Gasteiger partial charge in [-0.2, -0.15) is 8.78 Å². The van der Waals surface area contributed by atoms with Crippen molar-refractivity contribution < 1.29 is 22.7 Å². The average Bonchev–Trinajstić information content (AvgIpc) is 1.65. The highest BCUT2D eigenvalue weighted by Gasteiger charge is 2.39. The predicted molar refractivity (Wildman–Crippen MR) is 22.3 cm³/mol. The maximum atomic E-state index is 11.7. The van der Waals surface area contributed by atoms with E-state index in [1.54, 1.807) is 0 Å². The first-order valence-electron chi connectivity index (χ1n) is 2.07. The molecular formula is C4H4F3O2. The third-order valence-electron chi connectivity index (χ3n) is 0.641. The van der Waals surface area contributed by atoms with Gasteiger partial charge in [-0.25, -0.2) is 9.18 Å². The van der Waals surface area contributed by atoms with Gasteiger partial charge in [0.15, 0.2) is 0 Å². The van der Waals surface area contributed by atoms with Gasteiger partial charge in [0.05, 0.1) is 0 Å². The van der Waals surface area contributed by atoms with Crippen LogP contribution in [0.15, 0.2) is 0 Å². The van der Waals surface area contributed by atoms with E-state index >= 15 is 0 Å². The summed E-state index contributed by atoms with van der Waals surface area (Å²) in [4.78, 5) is 9.13. The molecule has 1 unspecified atom stereocenters. The summed E-state index contributed by atoms with van der Waals surface area (Å²) in [6.07, 6.45) is -6.54. The van der Waals surface area contributed by atoms with E-state index in [-0.39, 0.29) is 0 Å². The molecule has 9 heavy (non-hydrogen) atoms. The van der Waals surface area contributed by atoms with E-state index in [2.05, 4.69) is 4.74 Å². The lowest BCUT2D eigenvalue weighted by atomic mass is 10.4. The van der Waals surface area contributed by atoms with Crippen molar-refractivity contribution in [2.24, 2.45) is 0 Å². The quantitative estimate of drug-likeness (QED) is 0.586. The lowest BCUT2D eigenvalue weighted by molar-refractivity contribution is -0.224. The van der Waals surface area contributed by atoms with Crippen LogP contribution in [0.1, 0.15) is 6.92 Å². The molecule has 0 aromatic rings. The highest BCUT2D eigenvalue weighted by Crippen LogP contribution is 2.21. The van der Waals surface area contributed by atoms with Gasteiger partial charge in [-0.15, -0.1) is 0 Å². The fourth-order valence-electron chi connectivity index (χ4n) is 0.137. The molecule has 0 heterocycles. The van der Waals surface area contributed by atoms with Crippen LogP contribution in [0.25, 0.3) is 0 Å². The molecule has 0 aromatic carbocycles. The second kappa shape index (κ2) is 2.70. The molecule has 1 radical (unpaired) electrons. The highest BCUT2D eigenvalue weighted by molar-refractivity contribution is 5.38. The van der Waals surface area contributed by atoms with Crippen molar-refractivity contribution in [3.8, 4) is 0 Å². The first kappa shape index (κ1) is 8.26. The predicted octanol–water partition coefficient (Wildman–Crippen LogP) is 1.02. The van der Waals surface area contributed by atoms with Crippen LogP contribution in [0.5, 0.6) is 0 Å². The van der Waals surface area contributed by atoms with E-state index < -0.39 is 12.3 Å². The van der Waals surface area contributed by atoms with Crippen LogP contribution in [-0.2, 0) is 9.53 Å². The number of hydrogen-bond donors (Lipinski definition) is 0. The zero-order valence-electron chi connectivity index (χ0n) is 4.53. The van der Waals surface area contributed by atoms with Crippen molar-refractivity contribution in [3.63, 3.8) is 0 Å². The molecule has 2 nitrogen and oxygen atoms in total. The van der Waals surface area contributed by atoms with Crippen LogP contribution in [0, 0.1) is 0 Å². The summed E-state index contributed by atoms with van der Waals surface area (Å²) in [5.74, 6) is 0. The third kappa shape index (κ3) is 2.34. The van der Waals surface area contributed by atoms with E-state index in [1.165, 1.54) is 0 Å². The summed E-state index contributed by atoms with van der Waals surface area (Å²) in [6, 6.07) is 0. The van der Waals surface area contributed by atoms with Crippen molar-refractivity contribution in [1.29, 1.82) is 0 Å². The van der Waals surface area contributed by atoms with Crippen molar-refractivity contribution in [1.82, 2.24) is 0 Å². The Hall–Kier alpha value is -0.740. The van der Waals surface area contributed by atoms with Crippen LogP contribution < -0.4 is 0 Å². The first-order chi connectivity index (χ1) is 4.00. The Morgan fingerprint density at radius 1 is 1.67 bits per heavy atom. The van der Waals surface area contributed by atoms with Crippen molar-refractivity contribution in [2.75, 3.05) is 0 Å². The van der Waals surface area contributed by atoms with Gasteiger partial charge in [0, 0.05) is 0 Å². The number of hydrogen-bond acceptors (Lipinski definition) is 2. The summed E-state index contributed by atoms with van der Waals surface area (Å²) < 4.78 is 38.0. The standard InChI is InChI=1S/C4H4F3O2/c1-3(5)4(6,7)9-2-8/h3H,1H3.